The Morgan fingerprint density at radius 3 is 2.65 bits per heavy atom. The lowest BCUT2D eigenvalue weighted by atomic mass is 9.81. The van der Waals surface area contributed by atoms with Crippen LogP contribution in [0.5, 0.6) is 0 Å². The first-order valence-corrected chi connectivity index (χ1v) is 9.01. The summed E-state index contributed by atoms with van der Waals surface area (Å²) in [6.07, 6.45) is 0.843. The second-order valence-corrected chi connectivity index (χ2v) is 7.29. The Morgan fingerprint density at radius 2 is 1.81 bits per heavy atom. The maximum absolute atomic E-state index is 12.7. The number of carbonyl (C=O) groups is 1. The highest BCUT2D eigenvalue weighted by atomic mass is 16.2. The normalized spacial score (nSPS) is 22.1. The number of nitrogens with zero attached hydrogens (tertiary/aromatic N) is 3. The molecule has 0 radical (unpaired) electrons. The van der Waals surface area contributed by atoms with Gasteiger partial charge in [0.05, 0.1) is 27.8 Å². The highest BCUT2D eigenvalue weighted by Gasteiger charge is 2.50. The lowest BCUT2D eigenvalue weighted by molar-refractivity contribution is -0.120. The fourth-order valence-electron chi connectivity index (χ4n) is 4.29. The van der Waals surface area contributed by atoms with Crippen LogP contribution in [0.25, 0.3) is 11.0 Å². The molecular weight excluding hydrogens is 324 g/mol. The van der Waals surface area contributed by atoms with E-state index < -0.39 is 5.41 Å². The fraction of sp³-hybridized carbons (Fsp3) is 0.286. The molecule has 1 aromatic heterocycles. The maximum Gasteiger partial charge on any atom is 0.236 e. The number of benzene rings is 2. The predicted molar refractivity (Wildman–Crippen MR) is 101 cm³/mol. The van der Waals surface area contributed by atoms with E-state index in [4.69, 9.17) is 4.98 Å². The zero-order valence-electron chi connectivity index (χ0n) is 14.7. The first-order valence-electron chi connectivity index (χ1n) is 9.01. The molecule has 26 heavy (non-hydrogen) atoms. The minimum absolute atomic E-state index is 0.127. The van der Waals surface area contributed by atoms with Gasteiger partial charge in [-0.25, -0.2) is 9.97 Å². The van der Waals surface area contributed by atoms with E-state index in [1.165, 1.54) is 0 Å². The van der Waals surface area contributed by atoms with Crippen molar-refractivity contribution in [2.24, 2.45) is 0 Å². The van der Waals surface area contributed by atoms with Gasteiger partial charge in [-0.1, -0.05) is 30.3 Å². The van der Waals surface area contributed by atoms with Crippen molar-refractivity contribution in [1.29, 1.82) is 0 Å². The third kappa shape index (κ3) is 2.24. The van der Waals surface area contributed by atoms with E-state index >= 15 is 0 Å². The molecule has 3 aromatic rings. The van der Waals surface area contributed by atoms with E-state index in [2.05, 4.69) is 21.3 Å². The summed E-state index contributed by atoms with van der Waals surface area (Å²) in [6.45, 7) is 4.35. The van der Waals surface area contributed by atoms with Crippen LogP contribution in [0.3, 0.4) is 0 Å². The minimum atomic E-state index is -0.422. The number of nitrogens with one attached hydrogen (secondary N) is 1. The molecule has 5 nitrogen and oxygen atoms in total. The number of likely N-dealkylation sites (tertiary alicyclic amines) is 1. The number of carbonyl (C=O) groups excluding carboxylic acids is 1. The lowest BCUT2D eigenvalue weighted by Gasteiger charge is -2.22. The molecular formula is C21H20N4O. The van der Waals surface area contributed by atoms with Crippen LogP contribution in [-0.2, 0) is 16.8 Å². The Hall–Kier alpha value is -2.79. The molecule has 0 aliphatic carbocycles. The van der Waals surface area contributed by atoms with E-state index in [0.29, 0.717) is 0 Å². The summed E-state index contributed by atoms with van der Waals surface area (Å²) in [5, 5.41) is 3.06. The Balaban J connectivity index is 1.44. The third-order valence-electron chi connectivity index (χ3n) is 5.69. The first kappa shape index (κ1) is 15.5. The minimum Gasteiger partial charge on any atom is -0.325 e. The maximum atomic E-state index is 12.7. The van der Waals surface area contributed by atoms with Gasteiger partial charge in [0, 0.05) is 25.3 Å². The molecule has 1 spiro atoms. The number of hydrogen-bond acceptors (Lipinski definition) is 4. The standard InChI is InChI=1S/C21H20N4O/c1-14-19(23-18-9-5-4-8-17(18)22-14)12-25-11-10-21(13-25)15-6-2-3-7-16(15)24-20(21)26/h2-9H,10-13H2,1H3,(H,24,26). The summed E-state index contributed by atoms with van der Waals surface area (Å²) in [7, 11) is 0. The number of anilines is 1. The summed E-state index contributed by atoms with van der Waals surface area (Å²) < 4.78 is 0. The van der Waals surface area contributed by atoms with Gasteiger partial charge >= 0.3 is 0 Å². The second-order valence-electron chi connectivity index (χ2n) is 7.29. The van der Waals surface area contributed by atoms with Gasteiger partial charge in [0.2, 0.25) is 5.91 Å². The van der Waals surface area contributed by atoms with Gasteiger partial charge in [-0.15, -0.1) is 0 Å². The largest absolute Gasteiger partial charge is 0.325 e. The summed E-state index contributed by atoms with van der Waals surface area (Å²) in [4.78, 5) is 24.6. The number of fused-ring (bicyclic) bond motifs is 3. The van der Waals surface area contributed by atoms with Crippen molar-refractivity contribution in [3.8, 4) is 0 Å². The summed E-state index contributed by atoms with van der Waals surface area (Å²) in [5.74, 6) is 0.127. The molecule has 2 aliphatic rings. The predicted octanol–water partition coefficient (Wildman–Crippen LogP) is 3.03. The quantitative estimate of drug-likeness (QED) is 0.776. The molecule has 1 saturated heterocycles. The third-order valence-corrected chi connectivity index (χ3v) is 5.69. The number of rotatable bonds is 2. The average molecular weight is 344 g/mol. The van der Waals surface area contributed by atoms with Gasteiger partial charge < -0.3 is 5.32 Å². The Kier molecular flexibility index (Phi) is 3.34. The van der Waals surface area contributed by atoms with Crippen molar-refractivity contribution < 1.29 is 4.79 Å². The van der Waals surface area contributed by atoms with Crippen molar-refractivity contribution in [3.63, 3.8) is 0 Å². The molecule has 1 atom stereocenters. The molecule has 2 aromatic carbocycles. The van der Waals surface area contributed by atoms with E-state index in [-0.39, 0.29) is 5.91 Å². The van der Waals surface area contributed by atoms with Gasteiger partial charge in [-0.05, 0) is 37.1 Å². The van der Waals surface area contributed by atoms with Crippen LogP contribution in [0.15, 0.2) is 48.5 Å². The van der Waals surface area contributed by atoms with Crippen molar-refractivity contribution in [3.05, 3.63) is 65.5 Å². The fourth-order valence-corrected chi connectivity index (χ4v) is 4.29. The lowest BCUT2D eigenvalue weighted by Crippen LogP contribution is -2.37. The smallest absolute Gasteiger partial charge is 0.236 e. The molecule has 5 rings (SSSR count). The SMILES string of the molecule is Cc1nc2ccccc2nc1CN1CCC2(C1)C(=O)Nc1ccccc12. The Morgan fingerprint density at radius 1 is 1.08 bits per heavy atom. The van der Waals surface area contributed by atoms with Crippen LogP contribution >= 0.6 is 0 Å². The Bertz CT molecular complexity index is 1030. The van der Waals surface area contributed by atoms with E-state index in [1.807, 2.05) is 49.4 Å². The molecule has 130 valence electrons. The first-order chi connectivity index (χ1) is 12.7. The highest BCUT2D eigenvalue weighted by Crippen LogP contribution is 2.44. The molecule has 0 saturated carbocycles. The van der Waals surface area contributed by atoms with Crippen LogP contribution in [0.1, 0.15) is 23.4 Å². The number of aromatic nitrogens is 2. The average Bonchev–Trinajstić information content (AvgIpc) is 3.19. The van der Waals surface area contributed by atoms with Gasteiger partial charge in [-0.3, -0.25) is 9.69 Å². The van der Waals surface area contributed by atoms with Crippen LogP contribution in [0.4, 0.5) is 5.69 Å². The summed E-state index contributed by atoms with van der Waals surface area (Å²) in [5.41, 5.74) is 5.47. The van der Waals surface area contributed by atoms with Crippen LogP contribution in [0, 0.1) is 6.92 Å². The second kappa shape index (κ2) is 5.61. The summed E-state index contributed by atoms with van der Waals surface area (Å²) >= 11 is 0. The number of amides is 1. The topological polar surface area (TPSA) is 58.1 Å². The molecule has 2 aliphatic heterocycles. The van der Waals surface area contributed by atoms with Crippen LogP contribution in [-0.4, -0.2) is 33.9 Å². The van der Waals surface area contributed by atoms with Crippen molar-refractivity contribution in [2.45, 2.75) is 25.3 Å². The molecule has 5 heteroatoms. The zero-order chi connectivity index (χ0) is 17.7. The van der Waals surface area contributed by atoms with Crippen molar-refractivity contribution in [1.82, 2.24) is 14.9 Å². The highest BCUT2D eigenvalue weighted by molar-refractivity contribution is 6.06. The summed E-state index contributed by atoms with van der Waals surface area (Å²) in [6, 6.07) is 16.0. The molecule has 1 amide bonds. The number of para-hydroxylation sites is 3. The van der Waals surface area contributed by atoms with E-state index in [1.54, 1.807) is 0 Å². The molecule has 0 bridgehead atoms. The number of hydrogen-bond donors (Lipinski definition) is 1. The van der Waals surface area contributed by atoms with Gasteiger partial charge in [0.25, 0.3) is 0 Å². The van der Waals surface area contributed by atoms with Crippen molar-refractivity contribution >= 4 is 22.6 Å². The van der Waals surface area contributed by atoms with Crippen LogP contribution in [0.2, 0.25) is 0 Å². The molecule has 1 unspecified atom stereocenters. The van der Waals surface area contributed by atoms with Crippen LogP contribution < -0.4 is 5.32 Å². The molecule has 3 heterocycles. The molecule has 1 N–H and O–H groups in total. The van der Waals surface area contributed by atoms with Gasteiger partial charge in [0.1, 0.15) is 0 Å². The van der Waals surface area contributed by atoms with E-state index in [9.17, 15) is 4.79 Å². The van der Waals surface area contributed by atoms with Crippen molar-refractivity contribution in [2.75, 3.05) is 18.4 Å². The van der Waals surface area contributed by atoms with Gasteiger partial charge in [0.15, 0.2) is 0 Å². The van der Waals surface area contributed by atoms with E-state index in [0.717, 1.165) is 59.7 Å². The molecule has 1 fully saturated rings. The monoisotopic (exact) mass is 344 g/mol. The Labute approximate surface area is 152 Å². The van der Waals surface area contributed by atoms with Gasteiger partial charge in [-0.2, -0.15) is 0 Å². The number of aryl methyl sites for hydroxylation is 1. The zero-order valence-corrected chi connectivity index (χ0v) is 14.7.